The lowest BCUT2D eigenvalue weighted by atomic mass is 10.0. The summed E-state index contributed by atoms with van der Waals surface area (Å²) in [5.41, 5.74) is 3.55. The minimum absolute atomic E-state index is 0.173. The summed E-state index contributed by atoms with van der Waals surface area (Å²) in [5.74, 6) is -0.276. The maximum atomic E-state index is 12.1. The molecule has 26 heavy (non-hydrogen) atoms. The number of nitrogens with one attached hydrogen (secondary N) is 1. The number of hydrogen-bond donors (Lipinski definition) is 1. The van der Waals surface area contributed by atoms with Crippen molar-refractivity contribution in [1.82, 2.24) is 0 Å². The van der Waals surface area contributed by atoms with E-state index in [9.17, 15) is 4.79 Å². The molecule has 0 aliphatic heterocycles. The molecule has 0 saturated heterocycles. The maximum Gasteiger partial charge on any atom is 0.265 e. The van der Waals surface area contributed by atoms with Crippen LogP contribution in [0.5, 0.6) is 0 Å². The minimum atomic E-state index is -0.276. The number of halogens is 1. The molecule has 0 bridgehead atoms. The quantitative estimate of drug-likeness (QED) is 0.494. The molecule has 0 atom stereocenters. The number of para-hydroxylation sites is 1. The van der Waals surface area contributed by atoms with E-state index in [2.05, 4.69) is 10.5 Å². The normalized spacial score (nSPS) is 10.7. The first-order valence-electron chi connectivity index (χ1n) is 8.07. The van der Waals surface area contributed by atoms with E-state index < -0.39 is 0 Å². The van der Waals surface area contributed by atoms with Crippen LogP contribution in [0, 0.1) is 0 Å². The van der Waals surface area contributed by atoms with Crippen LogP contribution in [0.3, 0.4) is 0 Å². The fourth-order valence-electron chi connectivity index (χ4n) is 2.39. The summed E-state index contributed by atoms with van der Waals surface area (Å²) < 4.78 is 0. The minimum Gasteiger partial charge on any atom is -0.386 e. The van der Waals surface area contributed by atoms with Crippen LogP contribution in [-0.2, 0) is 9.63 Å². The first kappa shape index (κ1) is 17.7. The van der Waals surface area contributed by atoms with Gasteiger partial charge in [-0.2, -0.15) is 0 Å². The molecule has 1 amide bonds. The lowest BCUT2D eigenvalue weighted by Gasteiger charge is -2.10. The predicted octanol–water partition coefficient (Wildman–Crippen LogP) is 5.00. The van der Waals surface area contributed by atoms with Crippen molar-refractivity contribution in [3.63, 3.8) is 0 Å². The number of hydrogen-bond acceptors (Lipinski definition) is 3. The average molecular weight is 365 g/mol. The van der Waals surface area contributed by atoms with Gasteiger partial charge in [0.1, 0.15) is 0 Å². The Balaban J connectivity index is 1.58. The van der Waals surface area contributed by atoms with Crippen LogP contribution in [0.25, 0.3) is 11.1 Å². The molecule has 0 aliphatic carbocycles. The Morgan fingerprint density at radius 2 is 1.65 bits per heavy atom. The Hall–Kier alpha value is -3.11. The molecule has 0 saturated carbocycles. The van der Waals surface area contributed by atoms with Crippen LogP contribution in [0.4, 0.5) is 5.69 Å². The first-order chi connectivity index (χ1) is 12.7. The highest BCUT2D eigenvalue weighted by Crippen LogP contribution is 2.27. The van der Waals surface area contributed by atoms with Crippen molar-refractivity contribution in [3.8, 4) is 11.1 Å². The number of oxime groups is 1. The third kappa shape index (κ3) is 4.94. The van der Waals surface area contributed by atoms with Crippen molar-refractivity contribution >= 4 is 29.4 Å². The number of benzene rings is 3. The van der Waals surface area contributed by atoms with Crippen molar-refractivity contribution in [2.45, 2.75) is 0 Å². The van der Waals surface area contributed by atoms with E-state index in [1.165, 1.54) is 6.21 Å². The van der Waals surface area contributed by atoms with Gasteiger partial charge in [-0.25, -0.2) is 0 Å². The van der Waals surface area contributed by atoms with Gasteiger partial charge in [0.25, 0.3) is 5.91 Å². The molecular formula is C21H17ClN2O2. The van der Waals surface area contributed by atoms with E-state index >= 15 is 0 Å². The fourth-order valence-corrected chi connectivity index (χ4v) is 2.52. The molecule has 0 heterocycles. The summed E-state index contributed by atoms with van der Waals surface area (Å²) in [6, 6.07) is 24.6. The zero-order chi connectivity index (χ0) is 18.2. The molecular weight excluding hydrogens is 348 g/mol. The third-order valence-corrected chi connectivity index (χ3v) is 3.88. The number of carbonyl (C=O) groups excluding carboxylic acids is 1. The van der Waals surface area contributed by atoms with Crippen molar-refractivity contribution in [3.05, 3.63) is 89.4 Å². The second kappa shape index (κ2) is 8.83. The predicted molar refractivity (Wildman–Crippen MR) is 106 cm³/mol. The SMILES string of the molecule is O=C(CON=Cc1ccc(Cl)cc1)Nc1ccccc1-c1ccccc1. The number of amides is 1. The van der Waals surface area contributed by atoms with Crippen LogP contribution in [0.15, 0.2) is 84.0 Å². The standard InChI is InChI=1S/C21H17ClN2O2/c22-18-12-10-16(11-13-18)14-23-26-15-21(25)24-20-9-5-4-8-19(20)17-6-2-1-3-7-17/h1-14H,15H2,(H,24,25). The topological polar surface area (TPSA) is 50.7 Å². The monoisotopic (exact) mass is 364 g/mol. The van der Waals surface area contributed by atoms with E-state index in [4.69, 9.17) is 16.4 Å². The molecule has 3 aromatic carbocycles. The summed E-state index contributed by atoms with van der Waals surface area (Å²) >= 11 is 5.82. The molecule has 3 aromatic rings. The molecule has 0 spiro atoms. The fraction of sp³-hybridized carbons (Fsp3) is 0.0476. The Morgan fingerprint density at radius 3 is 2.42 bits per heavy atom. The van der Waals surface area contributed by atoms with Gasteiger partial charge in [-0.1, -0.05) is 77.4 Å². The van der Waals surface area contributed by atoms with Crippen LogP contribution < -0.4 is 5.32 Å². The molecule has 5 heteroatoms. The largest absolute Gasteiger partial charge is 0.386 e. The molecule has 1 N–H and O–H groups in total. The first-order valence-corrected chi connectivity index (χ1v) is 8.45. The van der Waals surface area contributed by atoms with Crippen LogP contribution >= 0.6 is 11.6 Å². The lowest BCUT2D eigenvalue weighted by Crippen LogP contribution is -2.17. The van der Waals surface area contributed by atoms with E-state index in [0.717, 1.165) is 22.4 Å². The Morgan fingerprint density at radius 1 is 0.962 bits per heavy atom. The Kier molecular flexibility index (Phi) is 6.01. The second-order valence-corrected chi connectivity index (χ2v) is 5.96. The number of nitrogens with zero attached hydrogens (tertiary/aromatic N) is 1. The van der Waals surface area contributed by atoms with Crippen LogP contribution in [-0.4, -0.2) is 18.7 Å². The van der Waals surface area contributed by atoms with Crippen molar-refractivity contribution in [2.75, 3.05) is 11.9 Å². The molecule has 3 rings (SSSR count). The van der Waals surface area contributed by atoms with Crippen molar-refractivity contribution in [1.29, 1.82) is 0 Å². The summed E-state index contributed by atoms with van der Waals surface area (Å²) in [4.78, 5) is 17.2. The van der Waals surface area contributed by atoms with Gasteiger partial charge in [0.05, 0.1) is 6.21 Å². The average Bonchev–Trinajstić information content (AvgIpc) is 2.68. The highest BCUT2D eigenvalue weighted by molar-refractivity contribution is 6.30. The summed E-state index contributed by atoms with van der Waals surface area (Å²) in [7, 11) is 0. The van der Waals surface area contributed by atoms with Gasteiger partial charge >= 0.3 is 0 Å². The number of rotatable bonds is 6. The highest BCUT2D eigenvalue weighted by Gasteiger charge is 2.08. The van der Waals surface area contributed by atoms with Gasteiger partial charge in [0.15, 0.2) is 6.61 Å². The second-order valence-electron chi connectivity index (χ2n) is 5.52. The summed E-state index contributed by atoms with van der Waals surface area (Å²) in [5, 5.41) is 7.32. The van der Waals surface area contributed by atoms with Crippen LogP contribution in [0.2, 0.25) is 5.02 Å². The van der Waals surface area contributed by atoms with Crippen molar-refractivity contribution in [2.24, 2.45) is 5.16 Å². The van der Waals surface area contributed by atoms with Gasteiger partial charge in [-0.15, -0.1) is 0 Å². The number of anilines is 1. The van der Waals surface area contributed by atoms with Crippen LogP contribution in [0.1, 0.15) is 5.56 Å². The third-order valence-electron chi connectivity index (χ3n) is 3.63. The van der Waals surface area contributed by atoms with Gasteiger partial charge in [0.2, 0.25) is 0 Å². The summed E-state index contributed by atoms with van der Waals surface area (Å²) in [6.45, 7) is -0.173. The van der Waals surface area contributed by atoms with E-state index in [1.54, 1.807) is 12.1 Å². The molecule has 0 fully saturated rings. The van der Waals surface area contributed by atoms with Gasteiger partial charge in [0, 0.05) is 16.3 Å². The summed E-state index contributed by atoms with van der Waals surface area (Å²) in [6.07, 6.45) is 1.53. The highest BCUT2D eigenvalue weighted by atomic mass is 35.5. The molecule has 0 radical (unpaired) electrons. The van der Waals surface area contributed by atoms with Gasteiger partial charge in [-0.3, -0.25) is 4.79 Å². The molecule has 130 valence electrons. The molecule has 0 aliphatic rings. The Labute approximate surface area is 157 Å². The maximum absolute atomic E-state index is 12.1. The lowest BCUT2D eigenvalue weighted by molar-refractivity contribution is -0.120. The van der Waals surface area contributed by atoms with Gasteiger partial charge < -0.3 is 10.2 Å². The van der Waals surface area contributed by atoms with E-state index in [0.29, 0.717) is 5.02 Å². The molecule has 4 nitrogen and oxygen atoms in total. The van der Waals surface area contributed by atoms with E-state index in [1.807, 2.05) is 66.7 Å². The van der Waals surface area contributed by atoms with Gasteiger partial charge in [-0.05, 0) is 29.3 Å². The zero-order valence-corrected chi connectivity index (χ0v) is 14.7. The molecule has 0 aromatic heterocycles. The zero-order valence-electron chi connectivity index (χ0n) is 13.9. The number of carbonyl (C=O) groups is 1. The Bertz CT molecular complexity index is 893. The van der Waals surface area contributed by atoms with E-state index in [-0.39, 0.29) is 12.5 Å². The smallest absolute Gasteiger partial charge is 0.265 e. The van der Waals surface area contributed by atoms with Crippen molar-refractivity contribution < 1.29 is 9.63 Å². The molecule has 0 unspecified atom stereocenters.